The van der Waals surface area contributed by atoms with Gasteiger partial charge in [-0.05, 0) is 37.8 Å². The van der Waals surface area contributed by atoms with Crippen molar-refractivity contribution in [3.8, 4) is 17.3 Å². The van der Waals surface area contributed by atoms with Gasteiger partial charge in [0.1, 0.15) is 17.5 Å². The number of aromatic nitrogens is 1. The Morgan fingerprint density at radius 3 is 2.59 bits per heavy atom. The number of nitrogen functional groups attached to an aromatic ring is 1. The third-order valence-corrected chi connectivity index (χ3v) is 4.26. The molecule has 0 bridgehead atoms. The van der Waals surface area contributed by atoms with Crippen LogP contribution in [0, 0.1) is 18.3 Å². The van der Waals surface area contributed by atoms with Gasteiger partial charge < -0.3 is 10.6 Å². The molecule has 0 atom stereocenters. The van der Waals surface area contributed by atoms with Crippen molar-refractivity contribution >= 4 is 11.5 Å². The zero-order valence-electron chi connectivity index (χ0n) is 12.8. The number of aryl methyl sites for hydroxylation is 1. The van der Waals surface area contributed by atoms with Crippen molar-refractivity contribution in [2.24, 2.45) is 0 Å². The van der Waals surface area contributed by atoms with Crippen LogP contribution in [0.5, 0.6) is 0 Å². The van der Waals surface area contributed by atoms with E-state index in [1.165, 1.54) is 6.42 Å². The highest BCUT2D eigenvalue weighted by atomic mass is 15.1. The number of nitrogens with zero attached hydrogens (tertiary/aromatic N) is 3. The highest BCUT2D eigenvalue weighted by molar-refractivity contribution is 5.76. The second-order valence-corrected chi connectivity index (χ2v) is 5.76. The number of rotatable bonds is 2. The Labute approximate surface area is 131 Å². The van der Waals surface area contributed by atoms with Gasteiger partial charge in [0.15, 0.2) is 0 Å². The van der Waals surface area contributed by atoms with Crippen molar-refractivity contribution in [3.63, 3.8) is 0 Å². The molecule has 1 aromatic heterocycles. The molecule has 1 aliphatic heterocycles. The van der Waals surface area contributed by atoms with E-state index in [1.54, 1.807) is 0 Å². The molecule has 0 unspecified atom stereocenters. The summed E-state index contributed by atoms with van der Waals surface area (Å²) in [5.74, 6) is 0.323. The zero-order chi connectivity index (χ0) is 15.5. The monoisotopic (exact) mass is 292 g/mol. The van der Waals surface area contributed by atoms with Gasteiger partial charge in [0, 0.05) is 18.7 Å². The number of nitrogens with two attached hydrogens (primary N) is 1. The summed E-state index contributed by atoms with van der Waals surface area (Å²) in [5, 5.41) is 9.45. The first-order valence-corrected chi connectivity index (χ1v) is 7.72. The standard InChI is InChI=1S/C18H20N4/c1-13-7-3-4-8-14(13)16-11-17(15(12-19)18(20)21-16)22-9-5-2-6-10-22/h3-4,7-8,11H,2,5-6,9-10H2,1H3,(H2,20,21). The first-order valence-electron chi connectivity index (χ1n) is 7.72. The molecule has 2 N–H and O–H groups in total. The van der Waals surface area contributed by atoms with Crippen LogP contribution < -0.4 is 10.6 Å². The maximum atomic E-state index is 9.45. The Morgan fingerprint density at radius 2 is 1.91 bits per heavy atom. The molecular formula is C18H20N4. The van der Waals surface area contributed by atoms with Gasteiger partial charge in [0.2, 0.25) is 0 Å². The second-order valence-electron chi connectivity index (χ2n) is 5.76. The van der Waals surface area contributed by atoms with Crippen molar-refractivity contribution in [3.05, 3.63) is 41.5 Å². The van der Waals surface area contributed by atoms with Gasteiger partial charge in [0.05, 0.1) is 11.4 Å². The fourth-order valence-corrected chi connectivity index (χ4v) is 3.05. The molecule has 1 saturated heterocycles. The molecule has 1 aromatic carbocycles. The van der Waals surface area contributed by atoms with E-state index in [9.17, 15) is 5.26 Å². The van der Waals surface area contributed by atoms with E-state index in [2.05, 4.69) is 28.9 Å². The van der Waals surface area contributed by atoms with E-state index >= 15 is 0 Å². The van der Waals surface area contributed by atoms with Crippen molar-refractivity contribution in [1.82, 2.24) is 4.98 Å². The van der Waals surface area contributed by atoms with Crippen LogP contribution in [0.4, 0.5) is 11.5 Å². The first-order chi connectivity index (χ1) is 10.7. The van der Waals surface area contributed by atoms with Crippen LogP contribution >= 0.6 is 0 Å². The van der Waals surface area contributed by atoms with Gasteiger partial charge in [-0.25, -0.2) is 4.98 Å². The molecule has 4 nitrogen and oxygen atoms in total. The van der Waals surface area contributed by atoms with Crippen LogP contribution in [0.15, 0.2) is 30.3 Å². The lowest BCUT2D eigenvalue weighted by molar-refractivity contribution is 0.577. The fraction of sp³-hybridized carbons (Fsp3) is 0.333. The molecule has 3 rings (SSSR count). The lowest BCUT2D eigenvalue weighted by atomic mass is 10.0. The van der Waals surface area contributed by atoms with Gasteiger partial charge >= 0.3 is 0 Å². The van der Waals surface area contributed by atoms with Gasteiger partial charge in [-0.3, -0.25) is 0 Å². The maximum Gasteiger partial charge on any atom is 0.144 e. The number of hydrogen-bond acceptors (Lipinski definition) is 4. The molecule has 4 heteroatoms. The molecular weight excluding hydrogens is 272 g/mol. The summed E-state index contributed by atoms with van der Waals surface area (Å²) in [5.41, 5.74) is 10.6. The minimum absolute atomic E-state index is 0.323. The Morgan fingerprint density at radius 1 is 1.18 bits per heavy atom. The summed E-state index contributed by atoms with van der Waals surface area (Å²) in [6.07, 6.45) is 3.57. The molecule has 0 radical (unpaired) electrons. The lowest BCUT2D eigenvalue weighted by Gasteiger charge is -2.30. The summed E-state index contributed by atoms with van der Waals surface area (Å²) in [6.45, 7) is 4.02. The van der Waals surface area contributed by atoms with Gasteiger partial charge in [-0.2, -0.15) is 5.26 Å². The quantitative estimate of drug-likeness (QED) is 0.920. The molecule has 2 heterocycles. The number of piperidine rings is 1. The minimum Gasteiger partial charge on any atom is -0.383 e. The van der Waals surface area contributed by atoms with E-state index in [1.807, 2.05) is 24.3 Å². The molecule has 0 amide bonds. The topological polar surface area (TPSA) is 65.9 Å². The van der Waals surface area contributed by atoms with Gasteiger partial charge in [-0.15, -0.1) is 0 Å². The summed E-state index contributed by atoms with van der Waals surface area (Å²) < 4.78 is 0. The Hall–Kier alpha value is -2.54. The fourth-order valence-electron chi connectivity index (χ4n) is 3.05. The Balaban J connectivity index is 2.12. The number of hydrogen-bond donors (Lipinski definition) is 1. The van der Waals surface area contributed by atoms with Crippen LogP contribution in [0.3, 0.4) is 0 Å². The van der Waals surface area contributed by atoms with Crippen LogP contribution in [-0.2, 0) is 0 Å². The van der Waals surface area contributed by atoms with Crippen LogP contribution in [0.1, 0.15) is 30.4 Å². The predicted octanol–water partition coefficient (Wildman–Crippen LogP) is 3.50. The zero-order valence-corrected chi connectivity index (χ0v) is 12.8. The van der Waals surface area contributed by atoms with E-state index in [-0.39, 0.29) is 0 Å². The van der Waals surface area contributed by atoms with E-state index in [0.29, 0.717) is 11.4 Å². The average Bonchev–Trinajstić information content (AvgIpc) is 2.55. The van der Waals surface area contributed by atoms with Gasteiger partial charge in [0.25, 0.3) is 0 Å². The minimum atomic E-state index is 0.323. The normalized spacial score (nSPS) is 14.6. The SMILES string of the molecule is Cc1ccccc1-c1cc(N2CCCCC2)c(C#N)c(N)n1. The smallest absolute Gasteiger partial charge is 0.144 e. The summed E-state index contributed by atoms with van der Waals surface area (Å²) >= 11 is 0. The largest absolute Gasteiger partial charge is 0.383 e. The Bertz CT molecular complexity index is 724. The number of anilines is 2. The summed E-state index contributed by atoms with van der Waals surface area (Å²) in [7, 11) is 0. The highest BCUT2D eigenvalue weighted by Gasteiger charge is 2.19. The van der Waals surface area contributed by atoms with E-state index in [4.69, 9.17) is 5.73 Å². The summed E-state index contributed by atoms with van der Waals surface area (Å²) in [4.78, 5) is 6.72. The molecule has 0 saturated carbocycles. The third-order valence-electron chi connectivity index (χ3n) is 4.26. The molecule has 0 aliphatic carbocycles. The van der Waals surface area contributed by atoms with Crippen LogP contribution in [0.2, 0.25) is 0 Å². The van der Waals surface area contributed by atoms with Crippen molar-refractivity contribution in [2.75, 3.05) is 23.7 Å². The number of pyridine rings is 1. The third kappa shape index (κ3) is 2.62. The lowest BCUT2D eigenvalue weighted by Crippen LogP contribution is -2.30. The number of nitriles is 1. The number of benzene rings is 1. The van der Waals surface area contributed by atoms with Crippen LogP contribution in [-0.4, -0.2) is 18.1 Å². The molecule has 0 spiro atoms. The molecule has 22 heavy (non-hydrogen) atoms. The van der Waals surface area contributed by atoms with E-state index < -0.39 is 0 Å². The molecule has 112 valence electrons. The highest BCUT2D eigenvalue weighted by Crippen LogP contribution is 2.32. The summed E-state index contributed by atoms with van der Waals surface area (Å²) in [6, 6.07) is 12.4. The van der Waals surface area contributed by atoms with Crippen molar-refractivity contribution in [1.29, 1.82) is 5.26 Å². The van der Waals surface area contributed by atoms with Crippen LogP contribution in [0.25, 0.3) is 11.3 Å². The van der Waals surface area contributed by atoms with E-state index in [0.717, 1.165) is 48.4 Å². The van der Waals surface area contributed by atoms with Crippen molar-refractivity contribution < 1.29 is 0 Å². The molecule has 1 fully saturated rings. The Kier molecular flexibility index (Phi) is 3.97. The molecule has 2 aromatic rings. The maximum absolute atomic E-state index is 9.45. The van der Waals surface area contributed by atoms with Gasteiger partial charge in [-0.1, -0.05) is 24.3 Å². The molecule has 1 aliphatic rings. The first kappa shape index (κ1) is 14.4. The average molecular weight is 292 g/mol. The predicted molar refractivity (Wildman–Crippen MR) is 89.6 cm³/mol. The van der Waals surface area contributed by atoms with Crippen molar-refractivity contribution in [2.45, 2.75) is 26.2 Å². The second kappa shape index (κ2) is 6.07.